The number of hydrogen-bond acceptors (Lipinski definition) is 2. The van der Waals surface area contributed by atoms with Crippen LogP contribution in [0.3, 0.4) is 0 Å². The fourth-order valence-corrected chi connectivity index (χ4v) is 1.40. The van der Waals surface area contributed by atoms with E-state index in [1.165, 1.54) is 0 Å². The standard InChI is InChI=1S/C12H8ClF2NO3/c1-2-3-10(12(18)19)16-11(17)6-4-9(15)7(13)5-8(6)14/h1,4-5,10H,3H2,(H,16,17)(H,18,19). The van der Waals surface area contributed by atoms with Gasteiger partial charge >= 0.3 is 5.97 Å². The van der Waals surface area contributed by atoms with E-state index in [1.807, 2.05) is 5.32 Å². The van der Waals surface area contributed by atoms with Crippen molar-refractivity contribution in [2.45, 2.75) is 12.5 Å². The minimum absolute atomic E-state index is 0.279. The van der Waals surface area contributed by atoms with E-state index in [1.54, 1.807) is 0 Å². The lowest BCUT2D eigenvalue weighted by atomic mass is 10.1. The minimum atomic E-state index is -1.38. The predicted octanol–water partition coefficient (Wildman–Crippen LogP) is 1.82. The second kappa shape index (κ2) is 6.16. The lowest BCUT2D eigenvalue weighted by molar-refractivity contribution is -0.139. The van der Waals surface area contributed by atoms with Gasteiger partial charge in [0.15, 0.2) is 0 Å². The molecule has 0 bridgehead atoms. The number of halogens is 3. The molecule has 1 amide bonds. The minimum Gasteiger partial charge on any atom is -0.480 e. The van der Waals surface area contributed by atoms with E-state index in [9.17, 15) is 18.4 Å². The molecule has 0 aliphatic carbocycles. The molecule has 100 valence electrons. The van der Waals surface area contributed by atoms with Crippen molar-refractivity contribution >= 4 is 23.5 Å². The summed E-state index contributed by atoms with van der Waals surface area (Å²) in [4.78, 5) is 22.4. The Morgan fingerprint density at radius 3 is 2.58 bits per heavy atom. The number of terminal acetylenes is 1. The summed E-state index contributed by atoms with van der Waals surface area (Å²) in [6, 6.07) is -0.166. The molecule has 0 saturated carbocycles. The zero-order valence-electron chi connectivity index (χ0n) is 9.41. The maximum absolute atomic E-state index is 13.4. The first-order chi connectivity index (χ1) is 8.86. The summed E-state index contributed by atoms with van der Waals surface area (Å²) in [6.45, 7) is 0. The maximum Gasteiger partial charge on any atom is 0.327 e. The van der Waals surface area contributed by atoms with Crippen LogP contribution in [-0.4, -0.2) is 23.0 Å². The number of carbonyl (C=O) groups excluding carboxylic acids is 1. The Morgan fingerprint density at radius 2 is 2.05 bits per heavy atom. The number of rotatable bonds is 4. The molecule has 0 heterocycles. The molecule has 1 rings (SSSR count). The van der Waals surface area contributed by atoms with E-state index in [0.29, 0.717) is 12.1 Å². The number of benzene rings is 1. The molecule has 0 aliphatic rings. The zero-order chi connectivity index (χ0) is 14.6. The van der Waals surface area contributed by atoms with Gasteiger partial charge in [0.1, 0.15) is 17.7 Å². The summed E-state index contributed by atoms with van der Waals surface area (Å²) in [5.74, 6) is -2.45. The number of carboxylic acid groups (broad SMARTS) is 1. The van der Waals surface area contributed by atoms with E-state index in [2.05, 4.69) is 5.92 Å². The molecular formula is C12H8ClF2NO3. The summed E-state index contributed by atoms with van der Waals surface area (Å²) < 4.78 is 26.6. The molecule has 0 spiro atoms. The fraction of sp³-hybridized carbons (Fsp3) is 0.167. The highest BCUT2D eigenvalue weighted by Crippen LogP contribution is 2.19. The summed E-state index contributed by atoms with van der Waals surface area (Å²) >= 11 is 5.33. The van der Waals surface area contributed by atoms with Crippen LogP contribution < -0.4 is 5.32 Å². The van der Waals surface area contributed by atoms with Crippen LogP contribution in [-0.2, 0) is 4.79 Å². The smallest absolute Gasteiger partial charge is 0.327 e. The highest BCUT2D eigenvalue weighted by molar-refractivity contribution is 6.30. The van der Waals surface area contributed by atoms with Gasteiger partial charge in [-0.25, -0.2) is 13.6 Å². The average Bonchev–Trinajstić information content (AvgIpc) is 2.32. The van der Waals surface area contributed by atoms with Gasteiger partial charge in [-0.15, -0.1) is 12.3 Å². The zero-order valence-corrected chi connectivity index (χ0v) is 10.2. The Bertz CT molecular complexity index is 569. The molecule has 19 heavy (non-hydrogen) atoms. The number of hydrogen-bond donors (Lipinski definition) is 2. The second-order valence-electron chi connectivity index (χ2n) is 3.52. The molecular weight excluding hydrogens is 280 g/mol. The Hall–Kier alpha value is -2.13. The van der Waals surface area contributed by atoms with Crippen LogP contribution in [0.5, 0.6) is 0 Å². The normalized spacial score (nSPS) is 11.5. The van der Waals surface area contributed by atoms with E-state index >= 15 is 0 Å². The summed E-state index contributed by atoms with van der Waals surface area (Å²) in [5.41, 5.74) is -0.648. The SMILES string of the molecule is C#CCC(NC(=O)c1cc(F)c(Cl)cc1F)C(=O)O. The van der Waals surface area contributed by atoms with Gasteiger partial charge in [0, 0.05) is 6.42 Å². The van der Waals surface area contributed by atoms with Gasteiger partial charge in [0.2, 0.25) is 0 Å². The van der Waals surface area contributed by atoms with Crippen molar-refractivity contribution in [2.24, 2.45) is 0 Å². The summed E-state index contributed by atoms with van der Waals surface area (Å²) in [6.07, 6.45) is 4.66. The topological polar surface area (TPSA) is 66.4 Å². The summed E-state index contributed by atoms with van der Waals surface area (Å²) in [5, 5.41) is 10.3. The van der Waals surface area contributed by atoms with Gasteiger partial charge in [0.25, 0.3) is 5.91 Å². The van der Waals surface area contributed by atoms with Crippen LogP contribution >= 0.6 is 11.6 Å². The van der Waals surface area contributed by atoms with Crippen molar-refractivity contribution < 1.29 is 23.5 Å². The third-order valence-electron chi connectivity index (χ3n) is 2.18. The number of aliphatic carboxylic acids is 1. The first kappa shape index (κ1) is 14.9. The van der Waals surface area contributed by atoms with Crippen molar-refractivity contribution in [2.75, 3.05) is 0 Å². The van der Waals surface area contributed by atoms with Crippen molar-refractivity contribution in [3.63, 3.8) is 0 Å². The first-order valence-corrected chi connectivity index (χ1v) is 5.36. The van der Waals surface area contributed by atoms with Crippen molar-refractivity contribution in [1.82, 2.24) is 5.32 Å². The van der Waals surface area contributed by atoms with Gasteiger partial charge < -0.3 is 10.4 Å². The Morgan fingerprint density at radius 1 is 1.42 bits per heavy atom. The van der Waals surface area contributed by atoms with Gasteiger partial charge in [-0.1, -0.05) is 11.6 Å². The van der Waals surface area contributed by atoms with Crippen LogP contribution in [0.2, 0.25) is 5.02 Å². The second-order valence-corrected chi connectivity index (χ2v) is 3.93. The molecule has 7 heteroatoms. The van der Waals surface area contributed by atoms with Gasteiger partial charge in [-0.05, 0) is 12.1 Å². The van der Waals surface area contributed by atoms with Gasteiger partial charge in [-0.2, -0.15) is 0 Å². The van der Waals surface area contributed by atoms with E-state index in [0.717, 1.165) is 0 Å². The van der Waals surface area contributed by atoms with Crippen molar-refractivity contribution in [3.8, 4) is 12.3 Å². The third-order valence-corrected chi connectivity index (χ3v) is 2.47. The lowest BCUT2D eigenvalue weighted by Crippen LogP contribution is -2.40. The molecule has 1 aromatic carbocycles. The first-order valence-electron chi connectivity index (χ1n) is 4.98. The van der Waals surface area contributed by atoms with Crippen LogP contribution in [0.4, 0.5) is 8.78 Å². The Kier molecular flexibility index (Phi) is 4.84. The molecule has 1 atom stereocenters. The Labute approximate surface area is 112 Å². The molecule has 0 radical (unpaired) electrons. The molecule has 0 aliphatic heterocycles. The number of nitrogens with one attached hydrogen (secondary N) is 1. The Balaban J connectivity index is 2.98. The lowest BCUT2D eigenvalue weighted by Gasteiger charge is -2.12. The van der Waals surface area contributed by atoms with Crippen molar-refractivity contribution in [3.05, 3.63) is 34.4 Å². The number of carbonyl (C=O) groups is 2. The van der Waals surface area contributed by atoms with Crippen LogP contribution in [0.15, 0.2) is 12.1 Å². The summed E-state index contributed by atoms with van der Waals surface area (Å²) in [7, 11) is 0. The van der Waals surface area contributed by atoms with E-state index < -0.39 is 40.1 Å². The number of amides is 1. The van der Waals surface area contributed by atoms with Gasteiger partial charge in [0.05, 0.1) is 10.6 Å². The molecule has 0 aromatic heterocycles. The molecule has 2 N–H and O–H groups in total. The fourth-order valence-electron chi connectivity index (χ4n) is 1.25. The van der Waals surface area contributed by atoms with E-state index in [-0.39, 0.29) is 6.42 Å². The van der Waals surface area contributed by atoms with Crippen LogP contribution in [0, 0.1) is 24.0 Å². The highest BCUT2D eigenvalue weighted by atomic mass is 35.5. The highest BCUT2D eigenvalue weighted by Gasteiger charge is 2.22. The monoisotopic (exact) mass is 287 g/mol. The molecule has 0 saturated heterocycles. The van der Waals surface area contributed by atoms with Crippen molar-refractivity contribution in [1.29, 1.82) is 0 Å². The molecule has 4 nitrogen and oxygen atoms in total. The maximum atomic E-state index is 13.4. The van der Waals surface area contributed by atoms with E-state index in [4.69, 9.17) is 23.1 Å². The largest absolute Gasteiger partial charge is 0.480 e. The third kappa shape index (κ3) is 3.66. The average molecular weight is 288 g/mol. The quantitative estimate of drug-likeness (QED) is 0.656. The molecule has 1 aromatic rings. The molecule has 1 unspecified atom stereocenters. The predicted molar refractivity (Wildman–Crippen MR) is 63.7 cm³/mol. The van der Waals surface area contributed by atoms with Crippen LogP contribution in [0.1, 0.15) is 16.8 Å². The molecule has 0 fully saturated rings. The van der Waals surface area contributed by atoms with Gasteiger partial charge in [-0.3, -0.25) is 4.79 Å². The number of carboxylic acids is 1. The van der Waals surface area contributed by atoms with Crippen LogP contribution in [0.25, 0.3) is 0 Å².